The highest BCUT2D eigenvalue weighted by Crippen LogP contribution is 1.91. The number of hydroxylamine groups is 1. The Hall–Kier alpha value is 0.0300. The Morgan fingerprint density at radius 1 is 1.78 bits per heavy atom. The van der Waals surface area contributed by atoms with E-state index in [0.29, 0.717) is 10.9 Å². The van der Waals surface area contributed by atoms with Crippen LogP contribution in [0.25, 0.3) is 0 Å². The number of rotatable bonds is 4. The van der Waals surface area contributed by atoms with Crippen molar-refractivity contribution in [2.24, 2.45) is 0 Å². The van der Waals surface area contributed by atoms with Crippen molar-refractivity contribution in [1.29, 1.82) is 0 Å². The molecule has 9 heavy (non-hydrogen) atoms. The smallest absolute Gasteiger partial charge is 0.0453 e. The van der Waals surface area contributed by atoms with Gasteiger partial charge in [0.05, 0.1) is 0 Å². The predicted octanol–water partition coefficient (Wildman–Crippen LogP) is 0.272. The van der Waals surface area contributed by atoms with Gasteiger partial charge in [0.2, 0.25) is 0 Å². The number of nitrogens with zero attached hydrogens (tertiary/aromatic N) is 1. The van der Waals surface area contributed by atoms with Gasteiger partial charge in [-0.3, -0.25) is 4.21 Å². The third-order valence-electron chi connectivity index (χ3n) is 0.875. The largest absolute Gasteiger partial charge is 0.758 e. The molecule has 0 saturated heterocycles. The van der Waals surface area contributed by atoms with Crippen molar-refractivity contribution in [2.45, 2.75) is 19.8 Å². The molecular formula is C4H10NO3S-. The number of hydrogen-bond donors (Lipinski definition) is 1. The molecule has 0 aromatic rings. The van der Waals surface area contributed by atoms with Gasteiger partial charge < -0.3 is 9.76 Å². The topological polar surface area (TPSA) is 63.6 Å². The molecule has 1 atom stereocenters. The molecule has 56 valence electrons. The lowest BCUT2D eigenvalue weighted by Gasteiger charge is -2.15. The van der Waals surface area contributed by atoms with E-state index in [1.807, 2.05) is 6.92 Å². The van der Waals surface area contributed by atoms with E-state index in [-0.39, 0.29) is 6.54 Å². The zero-order valence-electron chi connectivity index (χ0n) is 5.24. The Bertz CT molecular complexity index is 97.8. The molecule has 0 bridgehead atoms. The average molecular weight is 152 g/mol. The quantitative estimate of drug-likeness (QED) is 0.464. The highest BCUT2D eigenvalue weighted by atomic mass is 32.2. The Morgan fingerprint density at radius 3 is 2.67 bits per heavy atom. The van der Waals surface area contributed by atoms with Crippen LogP contribution in [0.5, 0.6) is 0 Å². The van der Waals surface area contributed by atoms with Crippen molar-refractivity contribution in [3.63, 3.8) is 0 Å². The molecule has 1 unspecified atom stereocenters. The van der Waals surface area contributed by atoms with E-state index in [9.17, 15) is 8.76 Å². The molecular weight excluding hydrogens is 142 g/mol. The average Bonchev–Trinajstić information content (AvgIpc) is 1.82. The highest BCUT2D eigenvalue weighted by molar-refractivity contribution is 7.76. The molecule has 0 heterocycles. The summed E-state index contributed by atoms with van der Waals surface area (Å²) in [5.74, 6) is 0. The van der Waals surface area contributed by atoms with Gasteiger partial charge in [-0.25, -0.2) is 0 Å². The minimum absolute atomic E-state index is 0.187. The third-order valence-corrected chi connectivity index (χ3v) is 1.40. The van der Waals surface area contributed by atoms with E-state index in [0.717, 1.165) is 6.42 Å². The number of hydrogen-bond acceptors (Lipinski definition) is 3. The minimum atomic E-state index is -2.47. The van der Waals surface area contributed by atoms with Crippen LogP contribution in [0.4, 0.5) is 0 Å². The SMILES string of the molecule is CCCCN(O)S(=O)[O-]. The van der Waals surface area contributed by atoms with E-state index >= 15 is 0 Å². The molecule has 0 radical (unpaired) electrons. The monoisotopic (exact) mass is 152 g/mol. The summed E-state index contributed by atoms with van der Waals surface area (Å²) in [5, 5.41) is 8.48. The second-order valence-electron chi connectivity index (χ2n) is 1.65. The molecule has 0 fully saturated rings. The normalized spacial score (nSPS) is 14.2. The van der Waals surface area contributed by atoms with Crippen LogP contribution in [0.2, 0.25) is 0 Å². The van der Waals surface area contributed by atoms with Crippen LogP contribution in [-0.2, 0) is 11.3 Å². The van der Waals surface area contributed by atoms with Crippen LogP contribution < -0.4 is 0 Å². The second kappa shape index (κ2) is 4.87. The first-order valence-electron chi connectivity index (χ1n) is 2.74. The Kier molecular flexibility index (Phi) is 4.88. The zero-order chi connectivity index (χ0) is 7.28. The predicted molar refractivity (Wildman–Crippen MR) is 32.3 cm³/mol. The lowest BCUT2D eigenvalue weighted by Crippen LogP contribution is -2.22. The maximum atomic E-state index is 9.88. The molecule has 0 saturated carbocycles. The maximum absolute atomic E-state index is 9.88. The van der Waals surface area contributed by atoms with Crippen molar-refractivity contribution in [2.75, 3.05) is 6.54 Å². The standard InChI is InChI=1S/C4H11NO3S/c1-2-3-4-5(6)9(7)8/h6H,2-4H2,1H3,(H,7,8)/p-1. The summed E-state index contributed by atoms with van der Waals surface area (Å²) >= 11 is -2.47. The van der Waals surface area contributed by atoms with Crippen LogP contribution in [0.1, 0.15) is 19.8 Å². The molecule has 0 spiro atoms. The summed E-state index contributed by atoms with van der Waals surface area (Å²) in [6, 6.07) is 0. The summed E-state index contributed by atoms with van der Waals surface area (Å²) in [6.07, 6.45) is 1.55. The van der Waals surface area contributed by atoms with Gasteiger partial charge in [-0.05, 0) is 6.42 Å². The van der Waals surface area contributed by atoms with Gasteiger partial charge in [-0.2, -0.15) is 0 Å². The molecule has 0 aromatic heterocycles. The van der Waals surface area contributed by atoms with Crippen LogP contribution in [0.3, 0.4) is 0 Å². The van der Waals surface area contributed by atoms with E-state index in [1.165, 1.54) is 0 Å². The molecule has 1 N–H and O–H groups in total. The first kappa shape index (κ1) is 9.03. The Balaban J connectivity index is 3.27. The molecule has 0 amide bonds. The molecule has 0 aliphatic rings. The fourth-order valence-corrected chi connectivity index (χ4v) is 0.646. The van der Waals surface area contributed by atoms with E-state index in [2.05, 4.69) is 0 Å². The van der Waals surface area contributed by atoms with E-state index < -0.39 is 11.3 Å². The fraction of sp³-hybridized carbons (Fsp3) is 1.00. The third kappa shape index (κ3) is 4.53. The van der Waals surface area contributed by atoms with Crippen LogP contribution >= 0.6 is 0 Å². The second-order valence-corrected chi connectivity index (χ2v) is 2.50. The first-order valence-corrected chi connectivity index (χ1v) is 3.77. The van der Waals surface area contributed by atoms with Gasteiger partial charge in [-0.15, -0.1) is 4.47 Å². The van der Waals surface area contributed by atoms with Crippen LogP contribution in [0.15, 0.2) is 0 Å². The van der Waals surface area contributed by atoms with Crippen molar-refractivity contribution in [3.05, 3.63) is 0 Å². The molecule has 0 aliphatic carbocycles. The van der Waals surface area contributed by atoms with Crippen molar-refractivity contribution in [1.82, 2.24) is 4.47 Å². The van der Waals surface area contributed by atoms with E-state index in [1.54, 1.807) is 0 Å². The lowest BCUT2D eigenvalue weighted by atomic mass is 10.3. The summed E-state index contributed by atoms with van der Waals surface area (Å²) in [7, 11) is 0. The van der Waals surface area contributed by atoms with Crippen LogP contribution in [-0.4, -0.2) is 25.0 Å². The highest BCUT2D eigenvalue weighted by Gasteiger charge is 1.95. The molecule has 4 nitrogen and oxygen atoms in total. The fourth-order valence-electron chi connectivity index (χ4n) is 0.368. The van der Waals surface area contributed by atoms with Gasteiger partial charge in [0.25, 0.3) is 0 Å². The summed E-state index contributed by atoms with van der Waals surface area (Å²) in [4.78, 5) is 0. The Morgan fingerprint density at radius 2 is 2.33 bits per heavy atom. The zero-order valence-corrected chi connectivity index (χ0v) is 6.06. The van der Waals surface area contributed by atoms with Gasteiger partial charge in [0.1, 0.15) is 0 Å². The van der Waals surface area contributed by atoms with Crippen molar-refractivity contribution in [3.8, 4) is 0 Å². The van der Waals surface area contributed by atoms with Gasteiger partial charge >= 0.3 is 0 Å². The summed E-state index contributed by atoms with van der Waals surface area (Å²) in [5.41, 5.74) is 0. The first-order chi connectivity index (χ1) is 4.18. The van der Waals surface area contributed by atoms with Crippen molar-refractivity contribution >= 4 is 11.3 Å². The number of unbranched alkanes of at least 4 members (excludes halogenated alkanes) is 1. The molecule has 5 heteroatoms. The maximum Gasteiger partial charge on any atom is 0.0453 e. The lowest BCUT2D eigenvalue weighted by molar-refractivity contribution is -0.0000253. The van der Waals surface area contributed by atoms with Gasteiger partial charge in [0.15, 0.2) is 0 Å². The van der Waals surface area contributed by atoms with Crippen molar-refractivity contribution < 1.29 is 14.0 Å². The molecule has 0 rings (SSSR count). The van der Waals surface area contributed by atoms with E-state index in [4.69, 9.17) is 5.21 Å². The minimum Gasteiger partial charge on any atom is -0.758 e. The van der Waals surface area contributed by atoms with Crippen LogP contribution in [0, 0.1) is 0 Å². The van der Waals surface area contributed by atoms with Gasteiger partial charge in [-0.1, -0.05) is 13.3 Å². The van der Waals surface area contributed by atoms with Gasteiger partial charge in [0, 0.05) is 17.8 Å². The molecule has 0 aromatic carbocycles. The molecule has 0 aliphatic heterocycles. The Labute approximate surface area is 56.9 Å². The summed E-state index contributed by atoms with van der Waals surface area (Å²) < 4.78 is 20.1. The summed E-state index contributed by atoms with van der Waals surface area (Å²) in [6.45, 7) is 2.11.